The van der Waals surface area contributed by atoms with E-state index in [1.165, 1.54) is 65.6 Å². The van der Waals surface area contributed by atoms with Gasteiger partial charge in [0.1, 0.15) is 22.3 Å². The van der Waals surface area contributed by atoms with Crippen molar-refractivity contribution in [1.82, 2.24) is 4.57 Å². The Morgan fingerprint density at radius 3 is 1.26 bits per heavy atom. The highest BCUT2D eigenvalue weighted by Crippen LogP contribution is 2.51. The van der Waals surface area contributed by atoms with E-state index >= 15 is 0 Å². The molecule has 65 heavy (non-hydrogen) atoms. The van der Waals surface area contributed by atoms with Crippen molar-refractivity contribution < 1.29 is 8.83 Å². The van der Waals surface area contributed by atoms with Crippen LogP contribution in [0.5, 0.6) is 0 Å². The molecule has 0 aliphatic rings. The zero-order chi connectivity index (χ0) is 42.6. The predicted octanol–water partition coefficient (Wildman–Crippen LogP) is 17.6. The van der Waals surface area contributed by atoms with Crippen LogP contribution in [-0.4, -0.2) is 4.57 Å². The monoisotopic (exact) mass is 827 g/mol. The van der Waals surface area contributed by atoms with Gasteiger partial charge in [-0.15, -0.1) is 0 Å². The van der Waals surface area contributed by atoms with E-state index in [0.717, 1.165) is 71.8 Å². The molecule has 0 unspecified atom stereocenters. The number of nitrogens with zero attached hydrogens (tertiary/aromatic N) is 1. The van der Waals surface area contributed by atoms with Gasteiger partial charge < -0.3 is 13.4 Å². The van der Waals surface area contributed by atoms with Gasteiger partial charge in [-0.2, -0.15) is 0 Å². The Hall–Kier alpha value is -8.66. The zero-order valence-electron chi connectivity index (χ0n) is 35.1. The molecular formula is C62H37NO2. The van der Waals surface area contributed by atoms with E-state index in [1.54, 1.807) is 0 Å². The fraction of sp³-hybridized carbons (Fsp3) is 0. The van der Waals surface area contributed by atoms with Crippen LogP contribution < -0.4 is 0 Å². The van der Waals surface area contributed by atoms with Crippen LogP contribution in [-0.2, 0) is 0 Å². The Labute approximate surface area is 373 Å². The summed E-state index contributed by atoms with van der Waals surface area (Å²) in [6.07, 6.45) is 0. The van der Waals surface area contributed by atoms with Gasteiger partial charge in [-0.25, -0.2) is 0 Å². The first kappa shape index (κ1) is 35.9. The van der Waals surface area contributed by atoms with Gasteiger partial charge in [0.2, 0.25) is 0 Å². The summed E-state index contributed by atoms with van der Waals surface area (Å²) in [5.74, 6) is 0. The normalized spacial score (nSPS) is 12.0. The van der Waals surface area contributed by atoms with E-state index in [2.05, 4.69) is 217 Å². The molecule has 3 aromatic heterocycles. The molecule has 3 nitrogen and oxygen atoms in total. The van der Waals surface area contributed by atoms with Crippen molar-refractivity contribution in [2.45, 2.75) is 0 Å². The summed E-state index contributed by atoms with van der Waals surface area (Å²) in [5, 5.41) is 11.7. The number of para-hydroxylation sites is 4. The minimum Gasteiger partial charge on any atom is -0.456 e. The number of hydrogen-bond acceptors (Lipinski definition) is 2. The predicted molar refractivity (Wildman–Crippen MR) is 272 cm³/mol. The van der Waals surface area contributed by atoms with E-state index in [1.807, 2.05) is 12.1 Å². The number of rotatable bonds is 5. The second kappa shape index (κ2) is 13.9. The van der Waals surface area contributed by atoms with Crippen LogP contribution in [0.2, 0.25) is 0 Å². The van der Waals surface area contributed by atoms with Gasteiger partial charge in [0.05, 0.1) is 11.0 Å². The van der Waals surface area contributed by atoms with Crippen molar-refractivity contribution in [3.63, 3.8) is 0 Å². The van der Waals surface area contributed by atoms with Crippen LogP contribution in [0.1, 0.15) is 0 Å². The molecule has 0 atom stereocenters. The Morgan fingerprint density at radius 1 is 0.246 bits per heavy atom. The molecule has 11 aromatic carbocycles. The van der Waals surface area contributed by atoms with Crippen molar-refractivity contribution in [2.24, 2.45) is 0 Å². The molecule has 14 aromatic rings. The molecular weight excluding hydrogens is 791 g/mol. The number of hydrogen-bond donors (Lipinski definition) is 0. The van der Waals surface area contributed by atoms with Crippen LogP contribution in [0.3, 0.4) is 0 Å². The van der Waals surface area contributed by atoms with Crippen LogP contribution >= 0.6 is 0 Å². The molecule has 0 saturated carbocycles. The highest BCUT2D eigenvalue weighted by Gasteiger charge is 2.24. The van der Waals surface area contributed by atoms with Gasteiger partial charge in [0.15, 0.2) is 0 Å². The summed E-state index contributed by atoms with van der Waals surface area (Å²) in [6, 6.07) is 81.3. The lowest BCUT2D eigenvalue weighted by Crippen LogP contribution is -1.96. The third-order valence-electron chi connectivity index (χ3n) is 13.6. The maximum atomic E-state index is 6.35. The summed E-state index contributed by atoms with van der Waals surface area (Å²) in [7, 11) is 0. The average molecular weight is 828 g/mol. The molecule has 0 aliphatic carbocycles. The van der Waals surface area contributed by atoms with Gasteiger partial charge >= 0.3 is 0 Å². The topological polar surface area (TPSA) is 31.2 Å². The molecule has 0 bridgehead atoms. The Morgan fingerprint density at radius 2 is 0.677 bits per heavy atom. The molecule has 0 fully saturated rings. The van der Waals surface area contributed by atoms with E-state index < -0.39 is 0 Å². The SMILES string of the molecule is c1ccc(-n2c3ccccc3c3cc(-c4c5ccccc5c(-c5c(-c6ccc7oc8ccccc8c7c6)cccc5-c5ccc6oc7ccccc7c6c5)c5ccccc45)ccc32)cc1. The molecule has 0 N–H and O–H groups in total. The molecule has 3 heteroatoms. The molecule has 0 aliphatic heterocycles. The van der Waals surface area contributed by atoms with Crippen molar-refractivity contribution in [2.75, 3.05) is 0 Å². The van der Waals surface area contributed by atoms with Crippen molar-refractivity contribution >= 4 is 87.2 Å². The van der Waals surface area contributed by atoms with Crippen molar-refractivity contribution in [3.8, 4) is 50.2 Å². The van der Waals surface area contributed by atoms with E-state index in [0.29, 0.717) is 0 Å². The fourth-order valence-corrected chi connectivity index (χ4v) is 10.8. The van der Waals surface area contributed by atoms with Gasteiger partial charge in [0.25, 0.3) is 0 Å². The summed E-state index contributed by atoms with van der Waals surface area (Å²) in [6.45, 7) is 0. The van der Waals surface area contributed by atoms with Gasteiger partial charge in [-0.1, -0.05) is 158 Å². The zero-order valence-corrected chi connectivity index (χ0v) is 35.1. The second-order valence-corrected chi connectivity index (χ2v) is 17.1. The lowest BCUT2D eigenvalue weighted by atomic mass is 9.80. The summed E-state index contributed by atoms with van der Waals surface area (Å²) < 4.78 is 15.1. The first-order valence-electron chi connectivity index (χ1n) is 22.2. The maximum absolute atomic E-state index is 6.35. The minimum atomic E-state index is 0.883. The number of benzene rings is 11. The number of aromatic nitrogens is 1. The molecule has 3 heterocycles. The van der Waals surface area contributed by atoms with Crippen LogP contribution in [0.4, 0.5) is 0 Å². The van der Waals surface area contributed by atoms with E-state index in [4.69, 9.17) is 8.83 Å². The second-order valence-electron chi connectivity index (χ2n) is 17.1. The van der Waals surface area contributed by atoms with Gasteiger partial charge in [0, 0.05) is 38.0 Å². The fourth-order valence-electron chi connectivity index (χ4n) is 10.8. The number of fused-ring (bicyclic) bond motifs is 11. The smallest absolute Gasteiger partial charge is 0.135 e. The summed E-state index contributed by atoms with van der Waals surface area (Å²) in [4.78, 5) is 0. The Bertz CT molecular complexity index is 4050. The lowest BCUT2D eigenvalue weighted by molar-refractivity contribution is 0.668. The average Bonchev–Trinajstić information content (AvgIpc) is 4.04. The van der Waals surface area contributed by atoms with Crippen LogP contribution in [0.15, 0.2) is 233 Å². The van der Waals surface area contributed by atoms with Crippen LogP contribution in [0, 0.1) is 0 Å². The van der Waals surface area contributed by atoms with Crippen LogP contribution in [0.25, 0.3) is 137 Å². The molecule has 0 radical (unpaired) electrons. The standard InChI is InChI=1S/C62H37NO2/c1-2-15-41(16-3-1)63-54-26-11-8-17-44(54)51-37-40(29-32-55(51)63)60-47-20-4-6-22-49(47)62(50-23-7-5-21-48(50)60)61-42(38-30-33-58-52(35-38)45-18-9-12-27-56(45)64-58)24-14-25-43(61)39-31-34-59-53(36-39)46-19-10-13-28-57(46)65-59/h1-37H. The third-order valence-corrected chi connectivity index (χ3v) is 13.6. The first-order valence-corrected chi connectivity index (χ1v) is 22.2. The summed E-state index contributed by atoms with van der Waals surface area (Å²) in [5.41, 5.74) is 16.5. The molecule has 0 amide bonds. The largest absolute Gasteiger partial charge is 0.456 e. The minimum absolute atomic E-state index is 0.883. The number of furan rings is 2. The Balaban J connectivity index is 1.08. The van der Waals surface area contributed by atoms with E-state index in [9.17, 15) is 0 Å². The first-order chi connectivity index (χ1) is 32.2. The quantitative estimate of drug-likeness (QED) is 0.162. The maximum Gasteiger partial charge on any atom is 0.135 e. The molecule has 14 rings (SSSR count). The Kier molecular flexibility index (Phi) is 7.69. The van der Waals surface area contributed by atoms with Crippen molar-refractivity contribution in [3.05, 3.63) is 224 Å². The molecule has 0 spiro atoms. The van der Waals surface area contributed by atoms with E-state index in [-0.39, 0.29) is 0 Å². The summed E-state index contributed by atoms with van der Waals surface area (Å²) >= 11 is 0. The molecule has 0 saturated heterocycles. The van der Waals surface area contributed by atoms with Gasteiger partial charge in [-0.3, -0.25) is 0 Å². The highest BCUT2D eigenvalue weighted by atomic mass is 16.3. The highest BCUT2D eigenvalue weighted by molar-refractivity contribution is 6.25. The third kappa shape index (κ3) is 5.36. The van der Waals surface area contributed by atoms with Crippen molar-refractivity contribution in [1.29, 1.82) is 0 Å². The lowest BCUT2D eigenvalue weighted by Gasteiger charge is -2.22. The molecule has 302 valence electrons. The van der Waals surface area contributed by atoms with Gasteiger partial charge in [-0.05, 0) is 133 Å².